The molecule has 2 heterocycles. The molecule has 47 heavy (non-hydrogen) atoms. The molecule has 2 aliphatic carbocycles. The Morgan fingerprint density at radius 2 is 1.32 bits per heavy atom. The number of piperazine rings is 2. The molecule has 3 amide bonds. The molecule has 0 bridgehead atoms. The number of nitrogens with one attached hydrogen (secondary N) is 5. The fraction of sp³-hybridized carbons (Fsp3) is 0.613. The van der Waals surface area contributed by atoms with Crippen LogP contribution in [0.25, 0.3) is 0 Å². The second-order valence-corrected chi connectivity index (χ2v) is 12.7. The molecule has 16 heteroatoms. The Morgan fingerprint density at radius 1 is 0.851 bits per heavy atom. The molecule has 8 unspecified atom stereocenters. The number of carboxylic acid groups (broad SMARTS) is 1. The first-order chi connectivity index (χ1) is 22.4. The van der Waals surface area contributed by atoms with Crippen molar-refractivity contribution in [1.82, 2.24) is 26.6 Å². The topological polar surface area (TPSA) is 248 Å². The van der Waals surface area contributed by atoms with E-state index >= 15 is 0 Å². The van der Waals surface area contributed by atoms with Gasteiger partial charge >= 0.3 is 17.9 Å². The number of carbonyl (C=O) groups excluding carboxylic acids is 5. The Hall–Kier alpha value is -4.28. The average Bonchev–Trinajstić information content (AvgIpc) is 3.06. The van der Waals surface area contributed by atoms with Crippen LogP contribution in [0.4, 0.5) is 0 Å². The lowest BCUT2D eigenvalue weighted by Gasteiger charge is -2.43. The van der Waals surface area contributed by atoms with Gasteiger partial charge in [-0.2, -0.15) is 0 Å². The fourth-order valence-electron chi connectivity index (χ4n) is 7.38. The molecule has 0 aromatic heterocycles. The first-order valence-corrected chi connectivity index (χ1v) is 15.8. The van der Waals surface area contributed by atoms with Crippen molar-refractivity contribution >= 4 is 35.6 Å². The first kappa shape index (κ1) is 34.1. The van der Waals surface area contributed by atoms with E-state index in [0.717, 1.165) is 0 Å². The molecule has 2 saturated heterocycles. The van der Waals surface area contributed by atoms with Gasteiger partial charge in [-0.25, -0.2) is 4.79 Å². The summed E-state index contributed by atoms with van der Waals surface area (Å²) in [4.78, 5) is 75.7. The molecule has 1 aromatic rings. The van der Waals surface area contributed by atoms with Gasteiger partial charge in [0, 0.05) is 41.7 Å². The number of carbonyl (C=O) groups is 6. The van der Waals surface area contributed by atoms with E-state index in [1.165, 1.54) is 26.4 Å². The van der Waals surface area contributed by atoms with E-state index in [4.69, 9.17) is 15.2 Å². The summed E-state index contributed by atoms with van der Waals surface area (Å²) < 4.78 is 9.87. The summed E-state index contributed by atoms with van der Waals surface area (Å²) >= 11 is 0. The van der Waals surface area contributed by atoms with E-state index in [1.54, 1.807) is 0 Å². The third-order valence-electron chi connectivity index (χ3n) is 9.82. The number of hydrogen-bond acceptors (Lipinski definition) is 12. The van der Waals surface area contributed by atoms with E-state index in [2.05, 4.69) is 26.6 Å². The van der Waals surface area contributed by atoms with Crippen LogP contribution in [0.1, 0.15) is 67.3 Å². The number of phenolic OH excluding ortho intramolecular Hbond substituents is 1. The van der Waals surface area contributed by atoms with E-state index in [-0.39, 0.29) is 71.2 Å². The Bertz CT molecular complexity index is 1350. The Balaban J connectivity index is 1.51. The van der Waals surface area contributed by atoms with Crippen LogP contribution < -0.4 is 32.3 Å². The number of phenols is 1. The van der Waals surface area contributed by atoms with Crippen molar-refractivity contribution in [3.05, 3.63) is 28.8 Å². The molecule has 4 aliphatic rings. The number of carboxylic acids is 1. The number of nitrogens with two attached hydrogens (primary N) is 1. The zero-order valence-electron chi connectivity index (χ0n) is 26.2. The monoisotopic (exact) mass is 658 g/mol. The van der Waals surface area contributed by atoms with Crippen molar-refractivity contribution in [2.75, 3.05) is 20.8 Å². The predicted octanol–water partition coefficient (Wildman–Crippen LogP) is -1.60. The highest BCUT2D eigenvalue weighted by Crippen LogP contribution is 2.40. The van der Waals surface area contributed by atoms with Gasteiger partial charge in [0.05, 0.1) is 32.6 Å². The molecule has 0 spiro atoms. The lowest BCUT2D eigenvalue weighted by Crippen LogP contribution is -2.62. The minimum absolute atomic E-state index is 0.0933. The molecule has 0 radical (unpaired) electrons. The number of methoxy groups -OCH3 is 2. The molecule has 2 aliphatic heterocycles. The van der Waals surface area contributed by atoms with Gasteiger partial charge in [0.2, 0.25) is 17.7 Å². The van der Waals surface area contributed by atoms with Crippen LogP contribution in [0.5, 0.6) is 5.75 Å². The Kier molecular flexibility index (Phi) is 10.3. The van der Waals surface area contributed by atoms with Crippen molar-refractivity contribution in [1.29, 1.82) is 0 Å². The molecular weight excluding hydrogens is 616 g/mol. The van der Waals surface area contributed by atoms with Crippen LogP contribution in [0.2, 0.25) is 0 Å². The summed E-state index contributed by atoms with van der Waals surface area (Å²) in [7, 11) is 2.64. The number of fused-ring (bicyclic) bond motifs is 2. The quantitative estimate of drug-likeness (QED) is 0.140. The SMILES string of the molecule is COC(=O)C1CCC2NC(=O)C(c3cc(C[C@H](NC(=O)CN)C(=O)O)cc(C4NC5CC(C(=O)OC)CCC5NC4=O)c3O)NC2C1. The molecule has 2 saturated carbocycles. The second-order valence-electron chi connectivity index (χ2n) is 12.7. The van der Waals surface area contributed by atoms with E-state index in [0.29, 0.717) is 44.1 Å². The maximum absolute atomic E-state index is 13.5. The van der Waals surface area contributed by atoms with Crippen molar-refractivity contribution < 1.29 is 48.5 Å². The van der Waals surface area contributed by atoms with Crippen LogP contribution in [0.15, 0.2) is 12.1 Å². The number of rotatable bonds is 9. The minimum atomic E-state index is -1.40. The van der Waals surface area contributed by atoms with Crippen molar-refractivity contribution in [2.24, 2.45) is 17.6 Å². The van der Waals surface area contributed by atoms with E-state index < -0.39 is 48.4 Å². The van der Waals surface area contributed by atoms with Crippen LogP contribution in [0, 0.1) is 11.8 Å². The standard InChI is InChI=1S/C31H42N6O10/c1-46-30(44)14-3-5-18-20(10-14)34-24(27(40)36-18)16-7-13(9-22(29(42)43)33-23(38)12-32)8-17(26(16)39)25-28(41)37-19-6-4-15(31(45)47-2)11-21(19)35-25/h7-8,14-15,18-22,24-25,34-35,39H,3-6,9-12,32H2,1-2H3,(H,33,38)(H,36,40)(H,37,41)(H,42,43)/t14?,15?,18?,19?,20?,21?,22-,24?,25?/m0/s1. The van der Waals surface area contributed by atoms with Crippen LogP contribution in [-0.4, -0.2) is 96.8 Å². The maximum atomic E-state index is 13.5. The molecular formula is C31H42N6O10. The van der Waals surface area contributed by atoms with Crippen molar-refractivity contribution in [2.45, 2.75) is 87.2 Å². The average molecular weight is 659 g/mol. The molecule has 16 nitrogen and oxygen atoms in total. The molecule has 4 fully saturated rings. The number of amides is 3. The fourth-order valence-corrected chi connectivity index (χ4v) is 7.38. The molecule has 256 valence electrons. The van der Waals surface area contributed by atoms with E-state index in [1.807, 2.05) is 0 Å². The molecule has 9 N–H and O–H groups in total. The third-order valence-corrected chi connectivity index (χ3v) is 9.82. The summed E-state index contributed by atoms with van der Waals surface area (Å²) in [6.45, 7) is -0.432. The van der Waals surface area contributed by atoms with Gasteiger partial charge in [-0.05, 0) is 56.2 Å². The van der Waals surface area contributed by atoms with Crippen molar-refractivity contribution in [3.63, 3.8) is 0 Å². The summed E-state index contributed by atoms with van der Waals surface area (Å²) in [6, 6.07) is -1.90. The number of hydrogen-bond donors (Lipinski definition) is 8. The minimum Gasteiger partial charge on any atom is -0.507 e. The highest BCUT2D eigenvalue weighted by molar-refractivity contribution is 5.89. The Labute approximate surface area is 270 Å². The van der Waals surface area contributed by atoms with Gasteiger partial charge < -0.3 is 41.4 Å². The summed E-state index contributed by atoms with van der Waals surface area (Å²) in [6.07, 6.45) is 2.66. The third kappa shape index (κ3) is 7.18. The first-order valence-electron chi connectivity index (χ1n) is 15.8. The number of benzene rings is 1. The molecule has 1 aromatic carbocycles. The van der Waals surface area contributed by atoms with Gasteiger partial charge in [-0.3, -0.25) is 34.6 Å². The molecule has 9 atom stereocenters. The van der Waals surface area contributed by atoms with Crippen LogP contribution in [0.3, 0.4) is 0 Å². The highest BCUT2D eigenvalue weighted by atomic mass is 16.5. The largest absolute Gasteiger partial charge is 0.507 e. The van der Waals surface area contributed by atoms with Crippen LogP contribution >= 0.6 is 0 Å². The number of esters is 2. The maximum Gasteiger partial charge on any atom is 0.326 e. The lowest BCUT2D eigenvalue weighted by molar-refractivity contribution is -0.148. The smallest absolute Gasteiger partial charge is 0.326 e. The van der Waals surface area contributed by atoms with Crippen molar-refractivity contribution in [3.8, 4) is 5.75 Å². The van der Waals surface area contributed by atoms with Gasteiger partial charge in [0.25, 0.3) is 0 Å². The number of aromatic hydroxyl groups is 1. The molecule has 5 rings (SSSR count). The number of aliphatic carboxylic acids is 1. The van der Waals surface area contributed by atoms with Gasteiger partial charge in [-0.15, -0.1) is 0 Å². The van der Waals surface area contributed by atoms with E-state index in [9.17, 15) is 39.0 Å². The zero-order chi connectivity index (χ0) is 34.0. The summed E-state index contributed by atoms with van der Waals surface area (Å²) in [5.74, 6) is -4.73. The van der Waals surface area contributed by atoms with Crippen LogP contribution in [-0.2, 0) is 44.7 Å². The highest BCUT2D eigenvalue weighted by Gasteiger charge is 2.45. The second kappa shape index (κ2) is 14.2. The summed E-state index contributed by atoms with van der Waals surface area (Å²) in [5.41, 5.74) is 5.89. The Morgan fingerprint density at radius 3 is 1.72 bits per heavy atom. The zero-order valence-corrected chi connectivity index (χ0v) is 26.2. The normalized spacial score (nSPS) is 30.8. The van der Waals surface area contributed by atoms with Gasteiger partial charge in [-0.1, -0.05) is 0 Å². The van der Waals surface area contributed by atoms with Gasteiger partial charge in [0.1, 0.15) is 23.9 Å². The predicted molar refractivity (Wildman–Crippen MR) is 162 cm³/mol. The lowest BCUT2D eigenvalue weighted by atomic mass is 9.79. The summed E-state index contributed by atoms with van der Waals surface area (Å²) in [5, 5.41) is 36.5. The number of ether oxygens (including phenoxy) is 2. The van der Waals surface area contributed by atoms with Gasteiger partial charge in [0.15, 0.2) is 0 Å².